The first-order valence-electron chi connectivity index (χ1n) is 9.22. The van der Waals surface area contributed by atoms with Crippen LogP contribution in [0.5, 0.6) is 11.5 Å². The summed E-state index contributed by atoms with van der Waals surface area (Å²) in [4.78, 5) is 10.9. The van der Waals surface area contributed by atoms with E-state index in [1.165, 1.54) is 23.3 Å². The molecule has 0 saturated heterocycles. The summed E-state index contributed by atoms with van der Waals surface area (Å²) in [7, 11) is 0. The number of rotatable bonds is 6. The molecule has 0 spiro atoms. The van der Waals surface area contributed by atoms with E-state index in [2.05, 4.69) is 53.7 Å². The molecule has 0 unspecified atom stereocenters. The zero-order valence-electron chi connectivity index (χ0n) is 17.1. The topological polar surface area (TPSA) is 55.8 Å². The van der Waals surface area contributed by atoms with Crippen LogP contribution in [0.1, 0.15) is 63.0 Å². The number of carboxylic acid groups (broad SMARTS) is 1. The Kier molecular flexibility index (Phi) is 6.19. The molecular weight excluding hydrogens is 340 g/mol. The van der Waals surface area contributed by atoms with E-state index in [1.54, 1.807) is 12.1 Å². The highest BCUT2D eigenvalue weighted by Gasteiger charge is 2.23. The van der Waals surface area contributed by atoms with Gasteiger partial charge < -0.3 is 14.6 Å². The van der Waals surface area contributed by atoms with Crippen LogP contribution in [-0.4, -0.2) is 24.3 Å². The smallest absolute Gasteiger partial charge is 0.335 e. The highest BCUT2D eigenvalue weighted by atomic mass is 16.5. The summed E-state index contributed by atoms with van der Waals surface area (Å²) in [5.74, 6) is 0.557. The Morgan fingerprint density at radius 2 is 1.44 bits per heavy atom. The van der Waals surface area contributed by atoms with Crippen molar-refractivity contribution >= 4 is 5.97 Å². The van der Waals surface area contributed by atoms with Gasteiger partial charge in [-0.1, -0.05) is 53.7 Å². The number of hydrogen-bond donors (Lipinski definition) is 1. The molecule has 0 aromatic heterocycles. The molecule has 2 rings (SSSR count). The SMILES string of the molecule is CC(C)(C)c1ccc(OCCOc2ccc(C(=O)O)cc2)c(C(C)(C)C)c1. The summed E-state index contributed by atoms with van der Waals surface area (Å²) in [5, 5.41) is 8.92. The fourth-order valence-electron chi connectivity index (χ4n) is 2.71. The van der Waals surface area contributed by atoms with Crippen LogP contribution in [0.25, 0.3) is 0 Å². The van der Waals surface area contributed by atoms with Crippen molar-refractivity contribution in [2.24, 2.45) is 0 Å². The van der Waals surface area contributed by atoms with Gasteiger partial charge in [-0.05, 0) is 52.3 Å². The Morgan fingerprint density at radius 3 is 1.96 bits per heavy atom. The lowest BCUT2D eigenvalue weighted by molar-refractivity contribution is 0.0697. The van der Waals surface area contributed by atoms with E-state index in [4.69, 9.17) is 14.6 Å². The summed E-state index contributed by atoms with van der Waals surface area (Å²) in [6.07, 6.45) is 0. The second-order valence-electron chi connectivity index (χ2n) is 8.74. The first kappa shape index (κ1) is 20.8. The quantitative estimate of drug-likeness (QED) is 0.688. The Morgan fingerprint density at radius 1 is 0.852 bits per heavy atom. The van der Waals surface area contributed by atoms with Crippen LogP contribution in [0.15, 0.2) is 42.5 Å². The van der Waals surface area contributed by atoms with Gasteiger partial charge in [0.1, 0.15) is 24.7 Å². The van der Waals surface area contributed by atoms with Crippen LogP contribution in [0.4, 0.5) is 0 Å². The molecule has 0 bridgehead atoms. The Labute approximate surface area is 162 Å². The fraction of sp³-hybridized carbons (Fsp3) is 0.435. The highest BCUT2D eigenvalue weighted by Crippen LogP contribution is 2.35. The average Bonchev–Trinajstić information content (AvgIpc) is 2.57. The van der Waals surface area contributed by atoms with Gasteiger partial charge in [-0.15, -0.1) is 0 Å². The van der Waals surface area contributed by atoms with Crippen molar-refractivity contribution in [3.8, 4) is 11.5 Å². The fourth-order valence-corrected chi connectivity index (χ4v) is 2.71. The van der Waals surface area contributed by atoms with Crippen molar-refractivity contribution in [3.05, 3.63) is 59.2 Å². The van der Waals surface area contributed by atoms with Crippen LogP contribution < -0.4 is 9.47 Å². The number of benzene rings is 2. The number of carboxylic acids is 1. The summed E-state index contributed by atoms with van der Waals surface area (Å²) in [6.45, 7) is 14.0. The Hall–Kier alpha value is -2.49. The van der Waals surface area contributed by atoms with Gasteiger partial charge in [0.2, 0.25) is 0 Å². The van der Waals surface area contributed by atoms with Crippen molar-refractivity contribution in [3.63, 3.8) is 0 Å². The maximum absolute atomic E-state index is 10.9. The van der Waals surface area contributed by atoms with Crippen LogP contribution in [0.2, 0.25) is 0 Å². The average molecular weight is 370 g/mol. The third-order valence-corrected chi connectivity index (χ3v) is 4.36. The third kappa shape index (κ3) is 5.75. The molecule has 0 heterocycles. The summed E-state index contributed by atoms with van der Waals surface area (Å²) in [6, 6.07) is 12.8. The minimum absolute atomic E-state index is 0.0237. The van der Waals surface area contributed by atoms with E-state index in [-0.39, 0.29) is 16.4 Å². The lowest BCUT2D eigenvalue weighted by Crippen LogP contribution is -2.19. The zero-order valence-corrected chi connectivity index (χ0v) is 17.1. The molecule has 2 aromatic rings. The molecule has 0 saturated carbocycles. The van der Waals surface area contributed by atoms with Crippen LogP contribution in [0.3, 0.4) is 0 Å². The van der Waals surface area contributed by atoms with Gasteiger partial charge in [-0.3, -0.25) is 0 Å². The minimum Gasteiger partial charge on any atom is -0.490 e. The van der Waals surface area contributed by atoms with Crippen LogP contribution in [-0.2, 0) is 10.8 Å². The molecule has 4 nitrogen and oxygen atoms in total. The van der Waals surface area contributed by atoms with E-state index in [0.717, 1.165) is 5.75 Å². The third-order valence-electron chi connectivity index (χ3n) is 4.36. The predicted octanol–water partition coefficient (Wildman–Crippen LogP) is 5.44. The Bertz CT molecular complexity index is 778. The number of aromatic carboxylic acids is 1. The van der Waals surface area contributed by atoms with Gasteiger partial charge >= 0.3 is 5.97 Å². The first-order chi connectivity index (χ1) is 12.5. The van der Waals surface area contributed by atoms with Gasteiger partial charge in [0.15, 0.2) is 0 Å². The standard InChI is InChI=1S/C23H30O4/c1-22(2,3)17-9-12-20(19(15-17)23(4,5)6)27-14-13-26-18-10-7-16(8-11-18)21(24)25/h7-12,15H,13-14H2,1-6H3,(H,24,25). The second kappa shape index (κ2) is 8.03. The molecule has 0 fully saturated rings. The minimum atomic E-state index is -0.946. The van der Waals surface area contributed by atoms with Crippen molar-refractivity contribution in [2.45, 2.75) is 52.4 Å². The number of hydrogen-bond acceptors (Lipinski definition) is 3. The molecule has 0 aliphatic rings. The van der Waals surface area contributed by atoms with Gasteiger partial charge in [0.05, 0.1) is 5.56 Å². The molecule has 2 aromatic carbocycles. The van der Waals surface area contributed by atoms with Crippen molar-refractivity contribution in [1.29, 1.82) is 0 Å². The maximum atomic E-state index is 10.9. The van der Waals surface area contributed by atoms with Gasteiger partial charge in [0, 0.05) is 0 Å². The second-order valence-corrected chi connectivity index (χ2v) is 8.74. The summed E-state index contributed by atoms with van der Waals surface area (Å²) < 4.78 is 11.6. The summed E-state index contributed by atoms with van der Waals surface area (Å²) in [5.41, 5.74) is 2.77. The summed E-state index contributed by atoms with van der Waals surface area (Å²) >= 11 is 0. The zero-order chi connectivity index (χ0) is 20.2. The van der Waals surface area contributed by atoms with Gasteiger partial charge in [-0.2, -0.15) is 0 Å². The van der Waals surface area contributed by atoms with Crippen LogP contribution in [0, 0.1) is 0 Å². The molecule has 146 valence electrons. The largest absolute Gasteiger partial charge is 0.490 e. The number of ether oxygens (including phenoxy) is 2. The van der Waals surface area contributed by atoms with E-state index in [0.29, 0.717) is 19.0 Å². The van der Waals surface area contributed by atoms with E-state index in [1.807, 2.05) is 6.07 Å². The lowest BCUT2D eigenvalue weighted by atomic mass is 9.80. The normalized spacial score (nSPS) is 11.9. The van der Waals surface area contributed by atoms with Gasteiger partial charge in [0.25, 0.3) is 0 Å². The maximum Gasteiger partial charge on any atom is 0.335 e. The van der Waals surface area contributed by atoms with Crippen molar-refractivity contribution in [2.75, 3.05) is 13.2 Å². The lowest BCUT2D eigenvalue weighted by Gasteiger charge is -2.27. The van der Waals surface area contributed by atoms with Crippen LogP contribution >= 0.6 is 0 Å². The predicted molar refractivity (Wildman–Crippen MR) is 108 cm³/mol. The molecule has 0 radical (unpaired) electrons. The molecule has 1 N–H and O–H groups in total. The molecule has 0 aliphatic carbocycles. The first-order valence-corrected chi connectivity index (χ1v) is 9.22. The van der Waals surface area contributed by atoms with Crippen molar-refractivity contribution < 1.29 is 19.4 Å². The van der Waals surface area contributed by atoms with E-state index in [9.17, 15) is 4.79 Å². The molecule has 4 heteroatoms. The number of carbonyl (C=O) groups is 1. The van der Waals surface area contributed by atoms with E-state index < -0.39 is 5.97 Å². The molecule has 27 heavy (non-hydrogen) atoms. The molecule has 0 atom stereocenters. The van der Waals surface area contributed by atoms with Gasteiger partial charge in [-0.25, -0.2) is 4.79 Å². The molecule has 0 aliphatic heterocycles. The molecule has 0 amide bonds. The molecular formula is C23H30O4. The van der Waals surface area contributed by atoms with Crippen molar-refractivity contribution in [1.82, 2.24) is 0 Å². The van der Waals surface area contributed by atoms with E-state index >= 15 is 0 Å². The monoisotopic (exact) mass is 370 g/mol. The Balaban J connectivity index is 2.01. The highest BCUT2D eigenvalue weighted by molar-refractivity contribution is 5.87.